The van der Waals surface area contributed by atoms with Crippen LogP contribution >= 0.6 is 0 Å². The first-order valence-corrected chi connectivity index (χ1v) is 8.45. The van der Waals surface area contributed by atoms with E-state index in [0.717, 1.165) is 12.1 Å². The van der Waals surface area contributed by atoms with E-state index in [1.54, 1.807) is 0 Å². The van der Waals surface area contributed by atoms with E-state index >= 15 is 0 Å². The SMILES string of the molecule is C[C@H]([NH2+]Cc1ccc(-c2ccccc2)cc1)[C@@H](O)c1ccccc1. The zero-order chi connectivity index (χ0) is 16.8. The number of hydrogen-bond acceptors (Lipinski definition) is 1. The van der Waals surface area contributed by atoms with Crippen LogP contribution < -0.4 is 5.32 Å². The molecule has 2 atom stereocenters. The number of nitrogens with two attached hydrogens (primary N) is 1. The Morgan fingerprint density at radius 3 is 1.92 bits per heavy atom. The Kier molecular flexibility index (Phi) is 5.42. The molecule has 122 valence electrons. The molecule has 0 saturated heterocycles. The molecule has 0 fully saturated rings. The van der Waals surface area contributed by atoms with Crippen molar-refractivity contribution in [3.63, 3.8) is 0 Å². The van der Waals surface area contributed by atoms with Gasteiger partial charge in [-0.1, -0.05) is 84.9 Å². The van der Waals surface area contributed by atoms with Crippen molar-refractivity contribution in [2.75, 3.05) is 0 Å². The fourth-order valence-electron chi connectivity index (χ4n) is 2.87. The maximum absolute atomic E-state index is 10.4. The lowest BCUT2D eigenvalue weighted by atomic mass is 10.0. The third kappa shape index (κ3) is 4.10. The lowest BCUT2D eigenvalue weighted by Crippen LogP contribution is -2.88. The lowest BCUT2D eigenvalue weighted by Gasteiger charge is -2.18. The van der Waals surface area contributed by atoms with Crippen LogP contribution in [0.2, 0.25) is 0 Å². The van der Waals surface area contributed by atoms with Crippen LogP contribution in [-0.2, 0) is 6.54 Å². The number of hydrogen-bond donors (Lipinski definition) is 2. The van der Waals surface area contributed by atoms with Crippen molar-refractivity contribution in [2.45, 2.75) is 25.6 Å². The van der Waals surface area contributed by atoms with E-state index in [4.69, 9.17) is 0 Å². The zero-order valence-corrected chi connectivity index (χ0v) is 14.0. The van der Waals surface area contributed by atoms with Gasteiger partial charge in [-0.2, -0.15) is 0 Å². The number of quaternary nitrogens is 1. The van der Waals surface area contributed by atoms with Crippen LogP contribution in [0.25, 0.3) is 11.1 Å². The molecule has 2 heteroatoms. The summed E-state index contributed by atoms with van der Waals surface area (Å²) >= 11 is 0. The van der Waals surface area contributed by atoms with Gasteiger partial charge in [0.25, 0.3) is 0 Å². The van der Waals surface area contributed by atoms with Gasteiger partial charge in [-0.05, 0) is 23.6 Å². The molecule has 0 aliphatic heterocycles. The van der Waals surface area contributed by atoms with E-state index in [0.29, 0.717) is 0 Å². The maximum atomic E-state index is 10.4. The highest BCUT2D eigenvalue weighted by molar-refractivity contribution is 5.63. The van der Waals surface area contributed by atoms with Crippen molar-refractivity contribution in [3.8, 4) is 11.1 Å². The van der Waals surface area contributed by atoms with Crippen LogP contribution in [-0.4, -0.2) is 11.1 Å². The second-order valence-electron chi connectivity index (χ2n) is 6.22. The first-order valence-electron chi connectivity index (χ1n) is 8.45. The fourth-order valence-corrected chi connectivity index (χ4v) is 2.87. The normalized spacial score (nSPS) is 13.4. The number of aliphatic hydroxyl groups is 1. The highest BCUT2D eigenvalue weighted by Gasteiger charge is 2.18. The topological polar surface area (TPSA) is 36.8 Å². The molecule has 24 heavy (non-hydrogen) atoms. The van der Waals surface area contributed by atoms with Crippen LogP contribution in [0.1, 0.15) is 24.2 Å². The van der Waals surface area contributed by atoms with Crippen molar-refractivity contribution in [3.05, 3.63) is 96.1 Å². The van der Waals surface area contributed by atoms with E-state index in [9.17, 15) is 5.11 Å². The molecular formula is C22H24NO+. The van der Waals surface area contributed by atoms with E-state index in [1.807, 2.05) is 36.4 Å². The van der Waals surface area contributed by atoms with E-state index in [-0.39, 0.29) is 6.04 Å². The van der Waals surface area contributed by atoms with Crippen LogP contribution in [0, 0.1) is 0 Å². The summed E-state index contributed by atoms with van der Waals surface area (Å²) in [7, 11) is 0. The molecule has 0 aromatic heterocycles. The van der Waals surface area contributed by atoms with Crippen molar-refractivity contribution < 1.29 is 10.4 Å². The predicted octanol–water partition coefficient (Wildman–Crippen LogP) is 3.54. The van der Waals surface area contributed by atoms with Crippen molar-refractivity contribution >= 4 is 0 Å². The molecule has 3 aromatic rings. The maximum Gasteiger partial charge on any atom is 0.130 e. The summed E-state index contributed by atoms with van der Waals surface area (Å²) in [4.78, 5) is 0. The molecule has 0 saturated carbocycles. The van der Waals surface area contributed by atoms with Gasteiger partial charge < -0.3 is 10.4 Å². The van der Waals surface area contributed by atoms with Gasteiger partial charge in [0.2, 0.25) is 0 Å². The van der Waals surface area contributed by atoms with Gasteiger partial charge in [-0.25, -0.2) is 0 Å². The molecular weight excluding hydrogens is 294 g/mol. The van der Waals surface area contributed by atoms with Gasteiger partial charge in [0.1, 0.15) is 18.7 Å². The molecule has 0 unspecified atom stereocenters. The summed E-state index contributed by atoms with van der Waals surface area (Å²) in [6.45, 7) is 2.93. The quantitative estimate of drug-likeness (QED) is 0.716. The Balaban J connectivity index is 1.59. The molecule has 3 rings (SSSR count). The summed E-state index contributed by atoms with van der Waals surface area (Å²) in [6, 6.07) is 29.0. The van der Waals surface area contributed by atoms with Crippen LogP contribution in [0.3, 0.4) is 0 Å². The number of aliphatic hydroxyl groups excluding tert-OH is 1. The Morgan fingerprint density at radius 2 is 1.29 bits per heavy atom. The predicted molar refractivity (Wildman–Crippen MR) is 98.4 cm³/mol. The van der Waals surface area contributed by atoms with Crippen LogP contribution in [0.5, 0.6) is 0 Å². The summed E-state index contributed by atoms with van der Waals surface area (Å²) in [6.07, 6.45) is -0.449. The Hall–Kier alpha value is -2.42. The molecule has 3 N–H and O–H groups in total. The zero-order valence-electron chi connectivity index (χ0n) is 14.0. The van der Waals surface area contributed by atoms with Gasteiger partial charge >= 0.3 is 0 Å². The van der Waals surface area contributed by atoms with Gasteiger partial charge in [-0.3, -0.25) is 0 Å². The third-order valence-electron chi connectivity index (χ3n) is 4.43. The van der Waals surface area contributed by atoms with Crippen LogP contribution in [0.4, 0.5) is 0 Å². The van der Waals surface area contributed by atoms with Gasteiger partial charge in [0.15, 0.2) is 0 Å². The first-order chi connectivity index (χ1) is 11.7. The standard InChI is InChI=1S/C22H23NO/c1-17(22(24)21-10-6-3-7-11-21)23-16-18-12-14-20(15-13-18)19-8-4-2-5-9-19/h2-15,17,22-24H,16H2,1H3/p+1/t17-,22+/m0/s1. The van der Waals surface area contributed by atoms with Crippen LogP contribution in [0.15, 0.2) is 84.9 Å². The second-order valence-corrected chi connectivity index (χ2v) is 6.22. The molecule has 3 aromatic carbocycles. The molecule has 0 spiro atoms. The van der Waals surface area contributed by atoms with Crippen molar-refractivity contribution in [1.82, 2.24) is 0 Å². The van der Waals surface area contributed by atoms with Crippen molar-refractivity contribution in [1.29, 1.82) is 0 Å². The minimum atomic E-state index is -0.449. The van der Waals surface area contributed by atoms with Gasteiger partial charge in [0.05, 0.1) is 0 Å². The molecule has 0 heterocycles. The minimum Gasteiger partial charge on any atom is -0.382 e. The lowest BCUT2D eigenvalue weighted by molar-refractivity contribution is -0.709. The third-order valence-corrected chi connectivity index (χ3v) is 4.43. The van der Waals surface area contributed by atoms with E-state index in [1.165, 1.54) is 16.7 Å². The summed E-state index contributed by atoms with van der Waals surface area (Å²) in [5.74, 6) is 0. The molecule has 0 aliphatic carbocycles. The summed E-state index contributed by atoms with van der Waals surface area (Å²) in [5, 5.41) is 12.6. The highest BCUT2D eigenvalue weighted by atomic mass is 16.3. The number of rotatable bonds is 6. The van der Waals surface area contributed by atoms with Gasteiger partial charge in [-0.15, -0.1) is 0 Å². The Bertz CT molecular complexity index is 738. The minimum absolute atomic E-state index is 0.112. The van der Waals surface area contributed by atoms with E-state index in [2.05, 4.69) is 60.8 Å². The average Bonchev–Trinajstić information content (AvgIpc) is 2.67. The fraction of sp³-hybridized carbons (Fsp3) is 0.182. The molecule has 2 nitrogen and oxygen atoms in total. The molecule has 0 bridgehead atoms. The Labute approximate surface area is 143 Å². The highest BCUT2D eigenvalue weighted by Crippen LogP contribution is 2.19. The molecule has 0 aliphatic rings. The van der Waals surface area contributed by atoms with Gasteiger partial charge in [0, 0.05) is 5.56 Å². The number of benzene rings is 3. The summed E-state index contributed by atoms with van der Waals surface area (Å²) < 4.78 is 0. The second kappa shape index (κ2) is 7.91. The first kappa shape index (κ1) is 16.4. The van der Waals surface area contributed by atoms with E-state index < -0.39 is 6.10 Å². The average molecular weight is 318 g/mol. The summed E-state index contributed by atoms with van der Waals surface area (Å²) in [5.41, 5.74) is 4.71. The smallest absolute Gasteiger partial charge is 0.130 e. The Morgan fingerprint density at radius 1 is 0.750 bits per heavy atom. The molecule has 0 amide bonds. The largest absolute Gasteiger partial charge is 0.382 e. The van der Waals surface area contributed by atoms with Crippen molar-refractivity contribution in [2.24, 2.45) is 0 Å². The molecule has 0 radical (unpaired) electrons. The monoisotopic (exact) mass is 318 g/mol.